The Morgan fingerprint density at radius 1 is 1.26 bits per heavy atom. The molecule has 104 valence electrons. The fourth-order valence-electron chi connectivity index (χ4n) is 1.67. The van der Waals surface area contributed by atoms with Gasteiger partial charge in [-0.3, -0.25) is 4.79 Å². The summed E-state index contributed by atoms with van der Waals surface area (Å²) in [6.07, 6.45) is 2.83. The van der Waals surface area contributed by atoms with E-state index in [1.54, 1.807) is 6.07 Å². The first kappa shape index (κ1) is 15.5. The van der Waals surface area contributed by atoms with Crippen LogP contribution in [-0.2, 0) is 4.79 Å². The fourth-order valence-corrected chi connectivity index (χ4v) is 1.92. The summed E-state index contributed by atoms with van der Waals surface area (Å²) in [5.41, 5.74) is 5.50. The van der Waals surface area contributed by atoms with Crippen LogP contribution in [0.2, 0.25) is 5.02 Å². The Balaban J connectivity index is 2.64. The first-order valence-corrected chi connectivity index (χ1v) is 6.45. The fraction of sp³-hybridized carbons (Fsp3) is 0.385. The van der Waals surface area contributed by atoms with Crippen LogP contribution in [0.1, 0.15) is 36.0 Å². The third-order valence-corrected chi connectivity index (χ3v) is 2.92. The number of rotatable bonds is 7. The lowest BCUT2D eigenvalue weighted by molar-refractivity contribution is -0.116. The highest BCUT2D eigenvalue weighted by Crippen LogP contribution is 2.24. The van der Waals surface area contributed by atoms with Crippen molar-refractivity contribution in [3.63, 3.8) is 0 Å². The van der Waals surface area contributed by atoms with Gasteiger partial charge in [0.25, 0.3) is 0 Å². The summed E-state index contributed by atoms with van der Waals surface area (Å²) in [6.45, 7) is 0.610. The van der Waals surface area contributed by atoms with Crippen molar-refractivity contribution >= 4 is 29.2 Å². The van der Waals surface area contributed by atoms with Gasteiger partial charge in [-0.05, 0) is 31.5 Å². The molecule has 0 atom stereocenters. The summed E-state index contributed by atoms with van der Waals surface area (Å²) in [4.78, 5) is 22.8. The van der Waals surface area contributed by atoms with Gasteiger partial charge in [-0.15, -0.1) is 0 Å². The maximum Gasteiger partial charge on any atom is 0.339 e. The summed E-state index contributed by atoms with van der Waals surface area (Å²) in [5.74, 6) is -1.38. The second-order valence-corrected chi connectivity index (χ2v) is 4.52. The van der Waals surface area contributed by atoms with Crippen molar-refractivity contribution < 1.29 is 14.7 Å². The highest BCUT2D eigenvalue weighted by atomic mass is 35.5. The average molecular weight is 285 g/mol. The number of amides is 1. The van der Waals surface area contributed by atoms with Gasteiger partial charge in [-0.1, -0.05) is 24.1 Å². The van der Waals surface area contributed by atoms with Gasteiger partial charge in [0.05, 0.1) is 10.7 Å². The van der Waals surface area contributed by atoms with Gasteiger partial charge in [0, 0.05) is 6.42 Å². The van der Waals surface area contributed by atoms with E-state index in [2.05, 4.69) is 5.32 Å². The van der Waals surface area contributed by atoms with Gasteiger partial charge in [0.1, 0.15) is 5.56 Å². The van der Waals surface area contributed by atoms with Crippen molar-refractivity contribution in [2.45, 2.75) is 25.7 Å². The highest BCUT2D eigenvalue weighted by molar-refractivity contribution is 6.34. The standard InChI is InChI=1S/C13H17ClN2O3/c14-9-5-4-6-10(12(9)13(18)19)16-11(17)7-2-1-3-8-15/h4-6H,1-3,7-8,15H2,(H,16,17)(H,18,19). The van der Waals surface area contributed by atoms with E-state index in [4.69, 9.17) is 22.4 Å². The van der Waals surface area contributed by atoms with E-state index in [1.807, 2.05) is 0 Å². The number of anilines is 1. The summed E-state index contributed by atoms with van der Waals surface area (Å²) >= 11 is 5.81. The number of halogens is 1. The Morgan fingerprint density at radius 3 is 2.63 bits per heavy atom. The molecule has 0 aliphatic rings. The number of nitrogens with one attached hydrogen (secondary N) is 1. The Hall–Kier alpha value is -1.59. The van der Waals surface area contributed by atoms with Crippen molar-refractivity contribution in [1.29, 1.82) is 0 Å². The molecule has 0 aromatic heterocycles. The molecule has 0 bridgehead atoms. The normalized spacial score (nSPS) is 10.2. The molecule has 0 saturated heterocycles. The van der Waals surface area contributed by atoms with E-state index >= 15 is 0 Å². The molecule has 1 aromatic rings. The van der Waals surface area contributed by atoms with Crippen LogP contribution in [0.15, 0.2) is 18.2 Å². The number of carboxylic acids is 1. The number of aromatic carboxylic acids is 1. The molecule has 0 fully saturated rings. The van der Waals surface area contributed by atoms with Crippen molar-refractivity contribution in [3.8, 4) is 0 Å². The molecule has 0 spiro atoms. The zero-order chi connectivity index (χ0) is 14.3. The van der Waals surface area contributed by atoms with E-state index in [9.17, 15) is 9.59 Å². The van der Waals surface area contributed by atoms with Crippen LogP contribution in [0.3, 0.4) is 0 Å². The van der Waals surface area contributed by atoms with Crippen LogP contribution in [0, 0.1) is 0 Å². The van der Waals surface area contributed by atoms with E-state index in [0.717, 1.165) is 19.3 Å². The molecule has 0 heterocycles. The molecule has 0 aliphatic heterocycles. The largest absolute Gasteiger partial charge is 0.478 e. The van der Waals surface area contributed by atoms with Crippen molar-refractivity contribution in [2.24, 2.45) is 5.73 Å². The third-order valence-electron chi connectivity index (χ3n) is 2.61. The van der Waals surface area contributed by atoms with Gasteiger partial charge in [0.2, 0.25) is 5.91 Å². The zero-order valence-electron chi connectivity index (χ0n) is 10.5. The number of carboxylic acid groups (broad SMARTS) is 1. The monoisotopic (exact) mass is 284 g/mol. The molecule has 1 amide bonds. The van der Waals surface area contributed by atoms with Crippen LogP contribution >= 0.6 is 11.6 Å². The van der Waals surface area contributed by atoms with Crippen molar-refractivity contribution in [1.82, 2.24) is 0 Å². The molecule has 0 saturated carbocycles. The summed E-state index contributed by atoms with van der Waals surface area (Å²) in [6, 6.07) is 4.59. The van der Waals surface area contributed by atoms with Gasteiger partial charge in [-0.2, -0.15) is 0 Å². The number of benzene rings is 1. The molecule has 1 aromatic carbocycles. The molecule has 0 unspecified atom stereocenters. The molecule has 4 N–H and O–H groups in total. The van der Waals surface area contributed by atoms with Gasteiger partial charge in [0.15, 0.2) is 0 Å². The van der Waals surface area contributed by atoms with Gasteiger partial charge in [-0.25, -0.2) is 4.79 Å². The van der Waals surface area contributed by atoms with Crippen molar-refractivity contribution in [3.05, 3.63) is 28.8 Å². The number of unbranched alkanes of at least 4 members (excludes halogenated alkanes) is 2. The van der Waals surface area contributed by atoms with E-state index < -0.39 is 5.97 Å². The molecular weight excluding hydrogens is 268 g/mol. The summed E-state index contributed by atoms with van der Waals surface area (Å²) in [7, 11) is 0. The number of nitrogens with two attached hydrogens (primary N) is 1. The van der Waals surface area contributed by atoms with Crippen molar-refractivity contribution in [2.75, 3.05) is 11.9 Å². The number of hydrogen-bond donors (Lipinski definition) is 3. The van der Waals surface area contributed by atoms with Crippen LogP contribution in [-0.4, -0.2) is 23.5 Å². The van der Waals surface area contributed by atoms with E-state index in [0.29, 0.717) is 13.0 Å². The highest BCUT2D eigenvalue weighted by Gasteiger charge is 2.15. The van der Waals surface area contributed by atoms with Crippen LogP contribution in [0.4, 0.5) is 5.69 Å². The smallest absolute Gasteiger partial charge is 0.339 e. The van der Waals surface area contributed by atoms with Crippen LogP contribution < -0.4 is 11.1 Å². The second-order valence-electron chi connectivity index (χ2n) is 4.12. The zero-order valence-corrected chi connectivity index (χ0v) is 11.2. The average Bonchev–Trinajstić information content (AvgIpc) is 2.34. The molecule has 0 aliphatic carbocycles. The molecular formula is C13H17ClN2O3. The Morgan fingerprint density at radius 2 is 2.00 bits per heavy atom. The van der Waals surface area contributed by atoms with E-state index in [1.165, 1.54) is 12.1 Å². The number of hydrogen-bond acceptors (Lipinski definition) is 3. The first-order valence-electron chi connectivity index (χ1n) is 6.08. The SMILES string of the molecule is NCCCCCC(=O)Nc1cccc(Cl)c1C(=O)O. The minimum absolute atomic E-state index is 0.0838. The maximum atomic E-state index is 11.7. The molecule has 0 radical (unpaired) electrons. The quantitative estimate of drug-likeness (QED) is 0.671. The number of carbonyl (C=O) groups excluding carboxylic acids is 1. The Labute approximate surface area is 116 Å². The number of carbonyl (C=O) groups is 2. The molecule has 1 rings (SSSR count). The second kappa shape index (κ2) is 7.76. The maximum absolute atomic E-state index is 11.7. The minimum Gasteiger partial charge on any atom is -0.478 e. The van der Waals surface area contributed by atoms with Gasteiger partial charge < -0.3 is 16.2 Å². The predicted octanol–water partition coefficient (Wildman–Crippen LogP) is 2.50. The van der Waals surface area contributed by atoms with Crippen LogP contribution in [0.25, 0.3) is 0 Å². The Kier molecular flexibility index (Phi) is 6.32. The lowest BCUT2D eigenvalue weighted by Gasteiger charge is -2.09. The topological polar surface area (TPSA) is 92.4 Å². The van der Waals surface area contributed by atoms with E-state index in [-0.39, 0.29) is 22.2 Å². The molecule has 5 nitrogen and oxygen atoms in total. The predicted molar refractivity (Wildman–Crippen MR) is 74.6 cm³/mol. The molecule has 6 heteroatoms. The lowest BCUT2D eigenvalue weighted by atomic mass is 10.1. The first-order chi connectivity index (χ1) is 9.06. The van der Waals surface area contributed by atoms with Gasteiger partial charge >= 0.3 is 5.97 Å². The summed E-state index contributed by atoms with van der Waals surface area (Å²) in [5, 5.41) is 11.7. The summed E-state index contributed by atoms with van der Waals surface area (Å²) < 4.78 is 0. The minimum atomic E-state index is -1.16. The third kappa shape index (κ3) is 4.89. The lowest BCUT2D eigenvalue weighted by Crippen LogP contribution is -2.14. The Bertz CT molecular complexity index is 463. The molecule has 19 heavy (non-hydrogen) atoms. The van der Waals surface area contributed by atoms with Crippen LogP contribution in [0.5, 0.6) is 0 Å².